The van der Waals surface area contributed by atoms with Crippen molar-refractivity contribution in [1.29, 1.82) is 0 Å². The van der Waals surface area contributed by atoms with Gasteiger partial charge in [0.05, 0.1) is 4.90 Å². The van der Waals surface area contributed by atoms with Gasteiger partial charge in [0.15, 0.2) is 0 Å². The molecule has 0 amide bonds. The molecule has 2 rings (SSSR count). The van der Waals surface area contributed by atoms with Gasteiger partial charge < -0.3 is 0 Å². The second-order valence-corrected chi connectivity index (χ2v) is 6.97. The average Bonchev–Trinajstić information content (AvgIpc) is 2.68. The summed E-state index contributed by atoms with van der Waals surface area (Å²) in [4.78, 5) is 0.302. The molecular weight excluding hydrogens is 258 g/mol. The summed E-state index contributed by atoms with van der Waals surface area (Å²) < 4.78 is 27.9. The van der Waals surface area contributed by atoms with E-state index in [0.29, 0.717) is 17.4 Å². The van der Waals surface area contributed by atoms with E-state index in [4.69, 9.17) is 0 Å². The molecule has 0 saturated heterocycles. The normalized spacial score (nSPS) is 18.1. The van der Waals surface area contributed by atoms with Crippen LogP contribution in [0.5, 0.6) is 0 Å². The summed E-state index contributed by atoms with van der Waals surface area (Å²) in [5, 5.41) is 0. The maximum Gasteiger partial charge on any atom is 0.256 e. The first kappa shape index (κ1) is 14.5. The van der Waals surface area contributed by atoms with Crippen molar-refractivity contribution in [3.8, 4) is 0 Å². The van der Waals surface area contributed by atoms with E-state index >= 15 is 0 Å². The molecular formula is C15H22NO2S. The van der Waals surface area contributed by atoms with E-state index in [9.17, 15) is 8.42 Å². The highest BCUT2D eigenvalue weighted by atomic mass is 32.2. The first-order valence-electron chi connectivity index (χ1n) is 7.17. The van der Waals surface area contributed by atoms with Gasteiger partial charge in [0.2, 0.25) is 0 Å². The minimum atomic E-state index is -3.45. The molecule has 0 aliphatic heterocycles. The highest BCUT2D eigenvalue weighted by Gasteiger charge is 2.17. The third-order valence-electron chi connectivity index (χ3n) is 3.81. The number of benzene rings is 1. The summed E-state index contributed by atoms with van der Waals surface area (Å²) in [6, 6.07) is 8.47. The fourth-order valence-corrected chi connectivity index (χ4v) is 3.67. The average molecular weight is 280 g/mol. The van der Waals surface area contributed by atoms with Crippen LogP contribution >= 0.6 is 0 Å². The molecule has 4 heteroatoms. The Bertz CT molecular complexity index is 462. The van der Waals surface area contributed by atoms with E-state index in [0.717, 1.165) is 6.42 Å². The van der Waals surface area contributed by atoms with Crippen molar-refractivity contribution >= 4 is 10.0 Å². The zero-order chi connectivity index (χ0) is 13.6. The van der Waals surface area contributed by atoms with Crippen LogP contribution in [0.4, 0.5) is 0 Å². The highest BCUT2D eigenvalue weighted by molar-refractivity contribution is 7.89. The Morgan fingerprint density at radius 1 is 1.00 bits per heavy atom. The lowest BCUT2D eigenvalue weighted by Crippen LogP contribution is -2.19. The van der Waals surface area contributed by atoms with Crippen molar-refractivity contribution in [1.82, 2.24) is 4.72 Å². The third-order valence-corrected chi connectivity index (χ3v) is 5.20. The van der Waals surface area contributed by atoms with E-state index in [1.807, 2.05) is 6.07 Å². The largest absolute Gasteiger partial charge is 0.256 e. The van der Waals surface area contributed by atoms with E-state index in [1.54, 1.807) is 24.3 Å². The van der Waals surface area contributed by atoms with E-state index < -0.39 is 10.0 Å². The maximum atomic E-state index is 12.0. The van der Waals surface area contributed by atoms with E-state index in [1.165, 1.54) is 38.5 Å². The number of nitrogens with zero attached hydrogens (tertiary/aromatic N) is 1. The van der Waals surface area contributed by atoms with Crippen LogP contribution in [0, 0.1) is 5.92 Å². The Morgan fingerprint density at radius 2 is 1.63 bits per heavy atom. The second kappa shape index (κ2) is 7.06. The van der Waals surface area contributed by atoms with E-state index in [-0.39, 0.29) is 0 Å². The molecule has 0 heterocycles. The van der Waals surface area contributed by atoms with Gasteiger partial charge in [-0.05, 0) is 24.5 Å². The number of rotatable bonds is 5. The molecule has 0 N–H and O–H groups in total. The Balaban J connectivity index is 1.81. The molecule has 1 aliphatic carbocycles. The fourth-order valence-electron chi connectivity index (χ4n) is 2.68. The van der Waals surface area contributed by atoms with Crippen LogP contribution < -0.4 is 4.72 Å². The molecule has 1 fully saturated rings. The quantitative estimate of drug-likeness (QED) is 0.777. The van der Waals surface area contributed by atoms with Gasteiger partial charge >= 0.3 is 0 Å². The van der Waals surface area contributed by atoms with Crippen LogP contribution in [0.3, 0.4) is 0 Å². The highest BCUT2D eigenvalue weighted by Crippen LogP contribution is 2.25. The van der Waals surface area contributed by atoms with Crippen molar-refractivity contribution in [2.75, 3.05) is 6.54 Å². The molecule has 105 valence electrons. The fraction of sp³-hybridized carbons (Fsp3) is 0.600. The van der Waals surface area contributed by atoms with Crippen molar-refractivity contribution < 1.29 is 8.42 Å². The summed E-state index contributed by atoms with van der Waals surface area (Å²) in [6.45, 7) is 0.432. The molecule has 0 bridgehead atoms. The molecule has 1 radical (unpaired) electrons. The SMILES string of the molecule is O=S(=O)([N]CCC1CCCCCC1)c1ccccc1. The lowest BCUT2D eigenvalue weighted by molar-refractivity contribution is 0.425. The molecule has 1 aliphatic rings. The molecule has 1 aromatic carbocycles. The third kappa shape index (κ3) is 4.62. The lowest BCUT2D eigenvalue weighted by Gasteiger charge is -2.13. The summed E-state index contributed by atoms with van der Waals surface area (Å²) in [5.41, 5.74) is 0. The van der Waals surface area contributed by atoms with Crippen LogP contribution in [0.1, 0.15) is 44.9 Å². The molecule has 1 saturated carbocycles. The zero-order valence-corrected chi connectivity index (χ0v) is 12.1. The van der Waals surface area contributed by atoms with Gasteiger partial charge in [-0.25, -0.2) is 8.42 Å². The van der Waals surface area contributed by atoms with Crippen LogP contribution in [0.25, 0.3) is 0 Å². The van der Waals surface area contributed by atoms with Gasteiger partial charge in [-0.15, -0.1) is 4.72 Å². The minimum Gasteiger partial charge on any atom is -0.206 e. The molecule has 19 heavy (non-hydrogen) atoms. The number of hydrogen-bond acceptors (Lipinski definition) is 2. The molecule has 0 atom stereocenters. The van der Waals surface area contributed by atoms with Gasteiger partial charge in [-0.2, -0.15) is 0 Å². The van der Waals surface area contributed by atoms with Crippen LogP contribution in [-0.2, 0) is 10.0 Å². The van der Waals surface area contributed by atoms with Gasteiger partial charge in [-0.1, -0.05) is 56.7 Å². The Morgan fingerprint density at radius 3 is 2.26 bits per heavy atom. The Labute approximate surface area is 116 Å². The standard InChI is InChI=1S/C15H22NO2S/c17-19(18,15-10-6-3-7-11-15)16-13-12-14-8-4-1-2-5-9-14/h3,6-7,10-11,14H,1-2,4-5,8-9,12-13H2. The van der Waals surface area contributed by atoms with Crippen molar-refractivity contribution in [3.63, 3.8) is 0 Å². The molecule has 0 spiro atoms. The van der Waals surface area contributed by atoms with E-state index in [2.05, 4.69) is 4.72 Å². The van der Waals surface area contributed by atoms with Crippen LogP contribution in [-0.4, -0.2) is 15.0 Å². The van der Waals surface area contributed by atoms with Crippen LogP contribution in [0.15, 0.2) is 35.2 Å². The zero-order valence-electron chi connectivity index (χ0n) is 11.3. The molecule has 3 nitrogen and oxygen atoms in total. The Kier molecular flexibility index (Phi) is 5.40. The summed E-state index contributed by atoms with van der Waals surface area (Å²) in [6.07, 6.45) is 8.62. The van der Waals surface area contributed by atoms with Crippen molar-refractivity contribution in [2.24, 2.45) is 5.92 Å². The first-order chi connectivity index (χ1) is 9.18. The van der Waals surface area contributed by atoms with Crippen molar-refractivity contribution in [2.45, 2.75) is 49.8 Å². The second-order valence-electron chi connectivity index (χ2n) is 5.29. The Hall–Kier alpha value is -0.870. The van der Waals surface area contributed by atoms with Crippen molar-refractivity contribution in [3.05, 3.63) is 30.3 Å². The smallest absolute Gasteiger partial charge is 0.206 e. The number of sulfonamides is 1. The van der Waals surface area contributed by atoms with Gasteiger partial charge in [-0.3, -0.25) is 0 Å². The first-order valence-corrected chi connectivity index (χ1v) is 8.61. The molecule has 0 aromatic heterocycles. The monoisotopic (exact) mass is 280 g/mol. The number of hydrogen-bond donors (Lipinski definition) is 0. The minimum absolute atomic E-state index is 0.302. The topological polar surface area (TPSA) is 48.2 Å². The van der Waals surface area contributed by atoms with Gasteiger partial charge in [0, 0.05) is 6.54 Å². The molecule has 0 unspecified atom stereocenters. The lowest BCUT2D eigenvalue weighted by atomic mass is 9.97. The predicted octanol–water partition coefficient (Wildman–Crippen LogP) is 3.34. The molecule has 1 aromatic rings. The van der Waals surface area contributed by atoms with Crippen LogP contribution in [0.2, 0.25) is 0 Å². The predicted molar refractivity (Wildman–Crippen MR) is 76.4 cm³/mol. The summed E-state index contributed by atoms with van der Waals surface area (Å²) >= 11 is 0. The summed E-state index contributed by atoms with van der Waals surface area (Å²) in [7, 11) is -3.45. The summed E-state index contributed by atoms with van der Waals surface area (Å²) in [5.74, 6) is 0.664. The van der Waals surface area contributed by atoms with Gasteiger partial charge in [0.1, 0.15) is 0 Å². The van der Waals surface area contributed by atoms with Gasteiger partial charge in [0.25, 0.3) is 10.0 Å². The maximum absolute atomic E-state index is 12.0.